The number of amides is 1. The Labute approximate surface area is 101 Å². The van der Waals surface area contributed by atoms with Gasteiger partial charge in [0, 0.05) is 6.54 Å². The minimum atomic E-state index is -0.161. The molecule has 0 aliphatic heterocycles. The molecule has 0 aliphatic carbocycles. The summed E-state index contributed by atoms with van der Waals surface area (Å²) in [5, 5.41) is 2.77. The standard InChI is InChI=1S/C12H19N3O2/c1-9(2)17-8-7-14-12(16)10-5-3-4-6-11(10)15-13/h3-6,9,15H,7-8,13H2,1-2H3,(H,14,16). The fraction of sp³-hybridized carbons (Fsp3) is 0.417. The Kier molecular flexibility index (Phi) is 5.45. The third-order valence-corrected chi connectivity index (χ3v) is 2.17. The highest BCUT2D eigenvalue weighted by atomic mass is 16.5. The lowest BCUT2D eigenvalue weighted by Gasteiger charge is -2.10. The van der Waals surface area contributed by atoms with Crippen molar-refractivity contribution < 1.29 is 9.53 Å². The van der Waals surface area contributed by atoms with Crippen LogP contribution in [0.25, 0.3) is 0 Å². The summed E-state index contributed by atoms with van der Waals surface area (Å²) < 4.78 is 5.33. The monoisotopic (exact) mass is 237 g/mol. The molecule has 0 saturated carbocycles. The van der Waals surface area contributed by atoms with E-state index < -0.39 is 0 Å². The minimum absolute atomic E-state index is 0.161. The van der Waals surface area contributed by atoms with Gasteiger partial charge in [-0.15, -0.1) is 0 Å². The first-order valence-electron chi connectivity index (χ1n) is 5.60. The lowest BCUT2D eigenvalue weighted by atomic mass is 10.1. The number of hydrogen-bond acceptors (Lipinski definition) is 4. The maximum absolute atomic E-state index is 11.8. The molecule has 0 heterocycles. The average molecular weight is 237 g/mol. The van der Waals surface area contributed by atoms with Crippen LogP contribution in [-0.2, 0) is 4.74 Å². The largest absolute Gasteiger partial charge is 0.377 e. The molecule has 0 aliphatic rings. The molecule has 0 atom stereocenters. The lowest BCUT2D eigenvalue weighted by Crippen LogP contribution is -2.29. The predicted octanol–water partition coefficient (Wildman–Crippen LogP) is 1.13. The molecule has 4 N–H and O–H groups in total. The fourth-order valence-electron chi connectivity index (χ4n) is 1.36. The summed E-state index contributed by atoms with van der Waals surface area (Å²) in [6.07, 6.45) is 0.171. The topological polar surface area (TPSA) is 76.4 Å². The van der Waals surface area contributed by atoms with Crippen LogP contribution in [0.15, 0.2) is 24.3 Å². The van der Waals surface area contributed by atoms with Crippen LogP contribution in [0.5, 0.6) is 0 Å². The van der Waals surface area contributed by atoms with Crippen molar-refractivity contribution in [1.29, 1.82) is 0 Å². The van der Waals surface area contributed by atoms with Gasteiger partial charge in [-0.1, -0.05) is 12.1 Å². The van der Waals surface area contributed by atoms with E-state index in [1.165, 1.54) is 0 Å². The predicted molar refractivity (Wildman–Crippen MR) is 67.7 cm³/mol. The summed E-state index contributed by atoms with van der Waals surface area (Å²) >= 11 is 0. The van der Waals surface area contributed by atoms with Crippen molar-refractivity contribution in [3.63, 3.8) is 0 Å². The Balaban J connectivity index is 2.47. The number of anilines is 1. The van der Waals surface area contributed by atoms with Crippen molar-refractivity contribution in [2.45, 2.75) is 20.0 Å². The van der Waals surface area contributed by atoms with E-state index in [2.05, 4.69) is 10.7 Å². The zero-order chi connectivity index (χ0) is 12.7. The van der Waals surface area contributed by atoms with Crippen LogP contribution in [0.3, 0.4) is 0 Å². The molecule has 5 nitrogen and oxygen atoms in total. The normalized spacial score (nSPS) is 10.4. The summed E-state index contributed by atoms with van der Waals surface area (Å²) in [5.41, 5.74) is 3.63. The second-order valence-electron chi connectivity index (χ2n) is 3.87. The number of para-hydroxylation sites is 1. The molecule has 0 fully saturated rings. The molecule has 0 radical (unpaired) electrons. The summed E-state index contributed by atoms with van der Waals surface area (Å²) in [6.45, 7) is 4.89. The first-order chi connectivity index (χ1) is 8.15. The summed E-state index contributed by atoms with van der Waals surface area (Å²) in [4.78, 5) is 11.8. The molecule has 0 spiro atoms. The number of hydrazine groups is 1. The number of carbonyl (C=O) groups is 1. The maximum Gasteiger partial charge on any atom is 0.253 e. The van der Waals surface area contributed by atoms with Crippen LogP contribution >= 0.6 is 0 Å². The van der Waals surface area contributed by atoms with Gasteiger partial charge in [-0.05, 0) is 26.0 Å². The van der Waals surface area contributed by atoms with E-state index in [0.717, 1.165) is 0 Å². The lowest BCUT2D eigenvalue weighted by molar-refractivity contribution is 0.0747. The second kappa shape index (κ2) is 6.88. The molecular weight excluding hydrogens is 218 g/mol. The van der Waals surface area contributed by atoms with Gasteiger partial charge in [-0.25, -0.2) is 0 Å². The summed E-state index contributed by atoms with van der Waals surface area (Å²) in [5.74, 6) is 5.17. The van der Waals surface area contributed by atoms with Crippen LogP contribution < -0.4 is 16.6 Å². The van der Waals surface area contributed by atoms with Gasteiger partial charge >= 0.3 is 0 Å². The van der Waals surface area contributed by atoms with E-state index in [-0.39, 0.29) is 12.0 Å². The third-order valence-electron chi connectivity index (χ3n) is 2.17. The molecule has 0 unspecified atom stereocenters. The minimum Gasteiger partial charge on any atom is -0.377 e. The molecule has 1 amide bonds. The van der Waals surface area contributed by atoms with Crippen LogP contribution in [0.1, 0.15) is 24.2 Å². The van der Waals surface area contributed by atoms with Crippen LogP contribution in [0.2, 0.25) is 0 Å². The zero-order valence-electron chi connectivity index (χ0n) is 10.2. The van der Waals surface area contributed by atoms with Crippen molar-refractivity contribution in [1.82, 2.24) is 5.32 Å². The molecule has 5 heteroatoms. The van der Waals surface area contributed by atoms with Crippen molar-refractivity contribution >= 4 is 11.6 Å². The van der Waals surface area contributed by atoms with Gasteiger partial charge < -0.3 is 15.5 Å². The van der Waals surface area contributed by atoms with Crippen LogP contribution in [-0.4, -0.2) is 25.2 Å². The first-order valence-corrected chi connectivity index (χ1v) is 5.60. The smallest absolute Gasteiger partial charge is 0.253 e. The molecule has 94 valence electrons. The van der Waals surface area contributed by atoms with Gasteiger partial charge in [0.05, 0.1) is 24.0 Å². The number of nitrogens with one attached hydrogen (secondary N) is 2. The number of benzene rings is 1. The average Bonchev–Trinajstić information content (AvgIpc) is 2.34. The fourth-order valence-corrected chi connectivity index (χ4v) is 1.36. The van der Waals surface area contributed by atoms with E-state index in [0.29, 0.717) is 24.4 Å². The highest BCUT2D eigenvalue weighted by Crippen LogP contribution is 2.12. The van der Waals surface area contributed by atoms with Crippen molar-refractivity contribution in [2.75, 3.05) is 18.6 Å². The van der Waals surface area contributed by atoms with E-state index in [9.17, 15) is 4.79 Å². The Morgan fingerprint density at radius 2 is 2.12 bits per heavy atom. The number of rotatable bonds is 6. The van der Waals surface area contributed by atoms with Gasteiger partial charge in [-0.2, -0.15) is 0 Å². The Morgan fingerprint density at radius 3 is 2.76 bits per heavy atom. The molecular formula is C12H19N3O2. The molecule has 0 saturated heterocycles. The first kappa shape index (κ1) is 13.5. The van der Waals surface area contributed by atoms with E-state index in [1.807, 2.05) is 19.9 Å². The van der Waals surface area contributed by atoms with E-state index in [4.69, 9.17) is 10.6 Å². The second-order valence-corrected chi connectivity index (χ2v) is 3.87. The molecule has 0 bridgehead atoms. The SMILES string of the molecule is CC(C)OCCNC(=O)c1ccccc1NN. The highest BCUT2D eigenvalue weighted by Gasteiger charge is 2.09. The Hall–Kier alpha value is -1.59. The van der Waals surface area contributed by atoms with E-state index in [1.54, 1.807) is 18.2 Å². The highest BCUT2D eigenvalue weighted by molar-refractivity contribution is 5.99. The third kappa shape index (κ3) is 4.42. The Bertz CT molecular complexity index is 367. The van der Waals surface area contributed by atoms with Gasteiger partial charge in [0.1, 0.15) is 0 Å². The number of hydrogen-bond donors (Lipinski definition) is 3. The van der Waals surface area contributed by atoms with Crippen LogP contribution in [0.4, 0.5) is 5.69 Å². The zero-order valence-corrected chi connectivity index (χ0v) is 10.2. The molecule has 0 aromatic heterocycles. The van der Waals surface area contributed by atoms with Gasteiger partial charge in [0.25, 0.3) is 5.91 Å². The van der Waals surface area contributed by atoms with Gasteiger partial charge in [0.15, 0.2) is 0 Å². The number of carbonyl (C=O) groups excluding carboxylic acids is 1. The summed E-state index contributed by atoms with van der Waals surface area (Å²) in [6, 6.07) is 7.07. The number of nitrogen functional groups attached to an aromatic ring is 1. The van der Waals surface area contributed by atoms with Crippen molar-refractivity contribution in [3.8, 4) is 0 Å². The van der Waals surface area contributed by atoms with Crippen LogP contribution in [0, 0.1) is 0 Å². The number of ether oxygens (including phenoxy) is 1. The molecule has 1 aromatic rings. The maximum atomic E-state index is 11.8. The molecule has 1 rings (SSSR count). The van der Waals surface area contributed by atoms with Gasteiger partial charge in [0.2, 0.25) is 0 Å². The molecule has 1 aromatic carbocycles. The van der Waals surface area contributed by atoms with Crippen molar-refractivity contribution in [3.05, 3.63) is 29.8 Å². The van der Waals surface area contributed by atoms with Crippen molar-refractivity contribution in [2.24, 2.45) is 5.84 Å². The van der Waals surface area contributed by atoms with E-state index >= 15 is 0 Å². The Morgan fingerprint density at radius 1 is 1.41 bits per heavy atom. The van der Waals surface area contributed by atoms with Gasteiger partial charge in [-0.3, -0.25) is 10.6 Å². The number of nitrogens with two attached hydrogens (primary N) is 1. The summed E-state index contributed by atoms with van der Waals surface area (Å²) in [7, 11) is 0. The molecule has 17 heavy (non-hydrogen) atoms. The quantitative estimate of drug-likeness (QED) is 0.394.